The minimum Gasteiger partial charge on any atom is -0.345 e. The van der Waals surface area contributed by atoms with Gasteiger partial charge >= 0.3 is 0 Å². The van der Waals surface area contributed by atoms with Crippen LogP contribution in [0.15, 0.2) is 48.5 Å². The molecule has 2 aromatic carbocycles. The Labute approximate surface area is 168 Å². The highest BCUT2D eigenvalue weighted by Gasteiger charge is 2.20. The highest BCUT2D eigenvalue weighted by atomic mass is 35.5. The molecule has 1 aromatic heterocycles. The lowest BCUT2D eigenvalue weighted by atomic mass is 10.1. The van der Waals surface area contributed by atoms with Crippen LogP contribution in [-0.4, -0.2) is 40.6 Å². The van der Waals surface area contributed by atoms with Gasteiger partial charge in [-0.25, -0.2) is 4.68 Å². The number of aryl methyl sites for hydroxylation is 1. The lowest BCUT2D eigenvalue weighted by Gasteiger charge is -2.13. The molecule has 0 saturated heterocycles. The molecule has 0 radical (unpaired) electrons. The summed E-state index contributed by atoms with van der Waals surface area (Å²) in [4.78, 5) is 26.6. The van der Waals surface area contributed by atoms with E-state index in [4.69, 9.17) is 11.6 Å². The fourth-order valence-corrected chi connectivity index (χ4v) is 3.19. The molecule has 1 N–H and O–H groups in total. The van der Waals surface area contributed by atoms with E-state index in [1.165, 1.54) is 4.90 Å². The number of hydrogen-bond acceptors (Lipinski definition) is 3. The lowest BCUT2D eigenvalue weighted by Crippen LogP contribution is -2.22. The first kappa shape index (κ1) is 19.6. The number of rotatable bonds is 4. The quantitative estimate of drug-likeness (QED) is 0.722. The van der Waals surface area contributed by atoms with Crippen LogP contribution >= 0.6 is 11.6 Å². The summed E-state index contributed by atoms with van der Waals surface area (Å²) in [6.07, 6.45) is 0. The molecule has 7 heteroatoms. The second kappa shape index (κ2) is 7.86. The zero-order valence-corrected chi connectivity index (χ0v) is 16.9. The molecule has 0 saturated carbocycles. The summed E-state index contributed by atoms with van der Waals surface area (Å²) in [5.41, 5.74) is 3.56. The van der Waals surface area contributed by atoms with Crippen LogP contribution in [0.1, 0.15) is 32.1 Å². The van der Waals surface area contributed by atoms with Crippen LogP contribution in [0.3, 0.4) is 0 Å². The van der Waals surface area contributed by atoms with Crippen LogP contribution in [0.25, 0.3) is 5.69 Å². The number of hydrogen-bond donors (Lipinski definition) is 1. The Bertz CT molecular complexity index is 1040. The molecule has 0 aliphatic carbocycles. The molecule has 2 amide bonds. The zero-order chi connectivity index (χ0) is 20.4. The second-order valence-electron chi connectivity index (χ2n) is 6.64. The van der Waals surface area contributed by atoms with Gasteiger partial charge in [-0.2, -0.15) is 5.10 Å². The Kier molecular flexibility index (Phi) is 5.51. The highest BCUT2D eigenvalue weighted by molar-refractivity contribution is 6.34. The molecular formula is C21H21ClN4O2. The fourth-order valence-electron chi connectivity index (χ4n) is 2.99. The van der Waals surface area contributed by atoms with Crippen molar-refractivity contribution in [2.24, 2.45) is 0 Å². The normalized spacial score (nSPS) is 10.6. The number of halogens is 1. The molecule has 0 bridgehead atoms. The van der Waals surface area contributed by atoms with E-state index in [-0.39, 0.29) is 11.8 Å². The molecule has 144 valence electrons. The summed E-state index contributed by atoms with van der Waals surface area (Å²) in [5.74, 6) is -0.520. The van der Waals surface area contributed by atoms with Gasteiger partial charge in [-0.1, -0.05) is 29.8 Å². The highest BCUT2D eigenvalue weighted by Crippen LogP contribution is 2.24. The van der Waals surface area contributed by atoms with Crippen molar-refractivity contribution >= 4 is 29.1 Å². The Morgan fingerprint density at radius 3 is 2.39 bits per heavy atom. The smallest absolute Gasteiger partial charge is 0.259 e. The zero-order valence-electron chi connectivity index (χ0n) is 16.2. The molecule has 1 heterocycles. The second-order valence-corrected chi connectivity index (χ2v) is 7.05. The van der Waals surface area contributed by atoms with Gasteiger partial charge in [-0.15, -0.1) is 0 Å². The van der Waals surface area contributed by atoms with Crippen LogP contribution in [0.4, 0.5) is 5.69 Å². The number of para-hydroxylation sites is 1. The molecule has 6 nitrogen and oxygen atoms in total. The average Bonchev–Trinajstić information content (AvgIpc) is 2.97. The van der Waals surface area contributed by atoms with Gasteiger partial charge in [0, 0.05) is 19.8 Å². The summed E-state index contributed by atoms with van der Waals surface area (Å²) in [6.45, 7) is 3.65. The molecule has 0 fully saturated rings. The van der Waals surface area contributed by atoms with Gasteiger partial charge in [0.2, 0.25) is 0 Å². The van der Waals surface area contributed by atoms with E-state index < -0.39 is 0 Å². The largest absolute Gasteiger partial charge is 0.345 e. The standard InChI is InChI=1S/C21H21ClN4O2/c1-13-19(14(2)26(24-13)16-8-6-5-7-9-16)20(27)23-15-10-11-18(22)17(12-15)21(28)25(3)4/h5-12H,1-4H3,(H,23,27). The van der Waals surface area contributed by atoms with Crippen LogP contribution < -0.4 is 5.32 Å². The van der Waals surface area contributed by atoms with E-state index in [1.807, 2.05) is 37.3 Å². The number of nitrogens with one attached hydrogen (secondary N) is 1. The Morgan fingerprint density at radius 1 is 1.07 bits per heavy atom. The molecule has 0 aliphatic rings. The van der Waals surface area contributed by atoms with E-state index in [0.29, 0.717) is 27.5 Å². The fraction of sp³-hybridized carbons (Fsp3) is 0.190. The number of benzene rings is 2. The van der Waals surface area contributed by atoms with E-state index in [1.54, 1.807) is 43.9 Å². The molecule has 0 unspecified atom stereocenters. The Balaban J connectivity index is 1.91. The van der Waals surface area contributed by atoms with E-state index >= 15 is 0 Å². The van der Waals surface area contributed by atoms with Crippen LogP contribution in [0.5, 0.6) is 0 Å². The minimum atomic E-state index is -0.289. The predicted octanol–water partition coefficient (Wildman–Crippen LogP) is 4.10. The first-order valence-corrected chi connectivity index (χ1v) is 9.11. The van der Waals surface area contributed by atoms with Crippen LogP contribution in [-0.2, 0) is 0 Å². The number of nitrogens with zero attached hydrogens (tertiary/aromatic N) is 3. The lowest BCUT2D eigenvalue weighted by molar-refractivity contribution is 0.0827. The number of carbonyl (C=O) groups is 2. The van der Waals surface area contributed by atoms with Gasteiger partial charge in [-0.05, 0) is 44.2 Å². The van der Waals surface area contributed by atoms with Gasteiger partial charge in [-0.3, -0.25) is 9.59 Å². The van der Waals surface area contributed by atoms with Crippen molar-refractivity contribution < 1.29 is 9.59 Å². The third kappa shape index (κ3) is 3.77. The number of aromatic nitrogens is 2. The third-order valence-electron chi connectivity index (χ3n) is 4.38. The molecule has 0 aliphatic heterocycles. The van der Waals surface area contributed by atoms with Crippen molar-refractivity contribution in [3.63, 3.8) is 0 Å². The molecule has 3 aromatic rings. The monoisotopic (exact) mass is 396 g/mol. The van der Waals surface area contributed by atoms with Crippen molar-refractivity contribution in [1.29, 1.82) is 0 Å². The molecule has 28 heavy (non-hydrogen) atoms. The Hall–Kier alpha value is -3.12. The van der Waals surface area contributed by atoms with Gasteiger partial charge in [0.25, 0.3) is 11.8 Å². The molecule has 3 rings (SSSR count). The maximum absolute atomic E-state index is 12.9. The predicted molar refractivity (Wildman–Crippen MR) is 110 cm³/mol. The maximum atomic E-state index is 12.9. The Morgan fingerprint density at radius 2 is 1.75 bits per heavy atom. The molecular weight excluding hydrogens is 376 g/mol. The van der Waals surface area contributed by atoms with Crippen LogP contribution in [0, 0.1) is 13.8 Å². The van der Waals surface area contributed by atoms with E-state index in [0.717, 1.165) is 11.4 Å². The number of anilines is 1. The van der Waals surface area contributed by atoms with Crippen molar-refractivity contribution in [2.45, 2.75) is 13.8 Å². The van der Waals surface area contributed by atoms with E-state index in [2.05, 4.69) is 10.4 Å². The SMILES string of the molecule is Cc1nn(-c2ccccc2)c(C)c1C(=O)Nc1ccc(Cl)c(C(=O)N(C)C)c1. The maximum Gasteiger partial charge on any atom is 0.259 e. The number of carbonyl (C=O) groups excluding carboxylic acids is 2. The molecule has 0 spiro atoms. The number of amides is 2. The summed E-state index contributed by atoms with van der Waals surface area (Å²) < 4.78 is 1.74. The van der Waals surface area contributed by atoms with Crippen molar-refractivity contribution in [1.82, 2.24) is 14.7 Å². The summed E-state index contributed by atoms with van der Waals surface area (Å²) in [6, 6.07) is 14.5. The minimum absolute atomic E-state index is 0.231. The first-order valence-electron chi connectivity index (χ1n) is 8.73. The summed E-state index contributed by atoms with van der Waals surface area (Å²) in [7, 11) is 3.29. The van der Waals surface area contributed by atoms with E-state index in [9.17, 15) is 9.59 Å². The van der Waals surface area contributed by atoms with Gasteiger partial charge < -0.3 is 10.2 Å². The van der Waals surface area contributed by atoms with Gasteiger partial charge in [0.05, 0.1) is 33.2 Å². The first-order chi connectivity index (χ1) is 13.3. The third-order valence-corrected chi connectivity index (χ3v) is 4.71. The molecule has 0 atom stereocenters. The summed E-state index contributed by atoms with van der Waals surface area (Å²) in [5, 5.41) is 7.68. The van der Waals surface area contributed by atoms with Crippen molar-refractivity contribution in [2.75, 3.05) is 19.4 Å². The van der Waals surface area contributed by atoms with Crippen LogP contribution in [0.2, 0.25) is 5.02 Å². The van der Waals surface area contributed by atoms with Crippen molar-refractivity contribution in [3.8, 4) is 5.69 Å². The summed E-state index contributed by atoms with van der Waals surface area (Å²) >= 11 is 6.14. The van der Waals surface area contributed by atoms with Crippen molar-refractivity contribution in [3.05, 3.63) is 76.1 Å². The van der Waals surface area contributed by atoms with Gasteiger partial charge in [0.1, 0.15) is 0 Å². The van der Waals surface area contributed by atoms with Gasteiger partial charge in [0.15, 0.2) is 0 Å². The topological polar surface area (TPSA) is 67.2 Å². The average molecular weight is 397 g/mol.